The number of aromatic nitrogens is 1. The molecule has 144 valence electrons. The van der Waals surface area contributed by atoms with Crippen LogP contribution in [-0.2, 0) is 0 Å². The molecule has 0 radical (unpaired) electrons. The molecular formula is C17H16F3N3O4. The van der Waals surface area contributed by atoms with Gasteiger partial charge in [-0.2, -0.15) is 0 Å². The van der Waals surface area contributed by atoms with Gasteiger partial charge in [0.15, 0.2) is 11.6 Å². The van der Waals surface area contributed by atoms with Gasteiger partial charge in [0.05, 0.1) is 23.1 Å². The van der Waals surface area contributed by atoms with Gasteiger partial charge < -0.3 is 24.6 Å². The Labute approximate surface area is 150 Å². The van der Waals surface area contributed by atoms with Crippen molar-refractivity contribution in [3.05, 3.63) is 34.1 Å². The molecule has 7 nitrogen and oxygen atoms in total. The predicted octanol–water partition coefficient (Wildman–Crippen LogP) is 2.03. The third-order valence-corrected chi connectivity index (χ3v) is 4.82. The molecule has 2 heterocycles. The number of nitrogens with zero attached hydrogens (tertiary/aromatic N) is 2. The van der Waals surface area contributed by atoms with Crippen LogP contribution >= 0.6 is 0 Å². The number of piperazine rings is 1. The number of halogens is 3. The smallest absolute Gasteiger partial charge is 0.449 e. The number of hydrogen-bond acceptors (Lipinski definition) is 5. The van der Waals surface area contributed by atoms with E-state index in [1.807, 2.05) is 0 Å². The number of rotatable bonds is 3. The number of nitrogens with one attached hydrogen (secondary N) is 1. The fourth-order valence-electron chi connectivity index (χ4n) is 3.45. The zero-order valence-corrected chi connectivity index (χ0v) is 14.0. The van der Waals surface area contributed by atoms with E-state index >= 15 is 4.39 Å². The highest BCUT2D eigenvalue weighted by Gasteiger charge is 2.41. The van der Waals surface area contributed by atoms with Crippen LogP contribution in [-0.4, -0.2) is 48.2 Å². The molecule has 1 saturated carbocycles. The first kappa shape index (κ1) is 17.7. The van der Waals surface area contributed by atoms with Crippen LogP contribution in [0.15, 0.2) is 17.1 Å². The second kappa shape index (κ2) is 6.45. The number of pyridine rings is 1. The average molecular weight is 383 g/mol. The molecule has 0 bridgehead atoms. The second-order valence-electron chi connectivity index (χ2n) is 6.57. The minimum Gasteiger partial charge on any atom is -0.449 e. The lowest BCUT2D eigenvalue weighted by molar-refractivity contribution is 0.143. The summed E-state index contributed by atoms with van der Waals surface area (Å²) >= 11 is 0. The van der Waals surface area contributed by atoms with E-state index in [1.54, 1.807) is 0 Å². The van der Waals surface area contributed by atoms with Crippen LogP contribution in [0.2, 0.25) is 0 Å². The molecule has 1 aromatic carbocycles. The van der Waals surface area contributed by atoms with Gasteiger partial charge in [0, 0.05) is 32.6 Å². The van der Waals surface area contributed by atoms with Crippen LogP contribution in [0.1, 0.15) is 12.5 Å². The maximum atomic E-state index is 15.3. The summed E-state index contributed by atoms with van der Waals surface area (Å²) in [7, 11) is 0. The third kappa shape index (κ3) is 2.99. The van der Waals surface area contributed by atoms with Crippen molar-refractivity contribution in [2.75, 3.05) is 31.1 Å². The van der Waals surface area contributed by atoms with Crippen molar-refractivity contribution in [3.8, 4) is 5.75 Å². The predicted molar refractivity (Wildman–Crippen MR) is 90.4 cm³/mol. The van der Waals surface area contributed by atoms with Gasteiger partial charge in [-0.1, -0.05) is 0 Å². The first-order valence-corrected chi connectivity index (χ1v) is 8.46. The molecule has 1 aromatic heterocycles. The Bertz CT molecular complexity index is 988. The van der Waals surface area contributed by atoms with Gasteiger partial charge >= 0.3 is 6.16 Å². The number of benzene rings is 1. The molecule has 2 unspecified atom stereocenters. The fraction of sp³-hybridized carbons (Fsp3) is 0.412. The van der Waals surface area contributed by atoms with E-state index in [4.69, 9.17) is 5.11 Å². The molecular weight excluding hydrogens is 367 g/mol. The minimum absolute atomic E-state index is 0.0876. The van der Waals surface area contributed by atoms with Crippen LogP contribution in [0.5, 0.6) is 5.75 Å². The first-order chi connectivity index (χ1) is 12.9. The van der Waals surface area contributed by atoms with Crippen LogP contribution in [0.25, 0.3) is 10.9 Å². The molecule has 2 aliphatic rings. The highest BCUT2D eigenvalue weighted by atomic mass is 19.1. The third-order valence-electron chi connectivity index (χ3n) is 4.82. The lowest BCUT2D eigenvalue weighted by Gasteiger charge is -2.30. The van der Waals surface area contributed by atoms with Gasteiger partial charge in [-0.25, -0.2) is 18.0 Å². The second-order valence-corrected chi connectivity index (χ2v) is 6.57. The standard InChI is InChI=1S/C17H16F3N3O4/c18-9-6-11(9)23-7-12(27-17(25)26)16(24)8-5-10(19)15(13(20)14(8)23)22-3-1-21-2-4-22/h5,7,9,11,21H,1-4,6H2,(H,25,26). The number of fused-ring (bicyclic) bond motifs is 1. The van der Waals surface area contributed by atoms with Crippen LogP contribution in [0.3, 0.4) is 0 Å². The van der Waals surface area contributed by atoms with E-state index in [1.165, 1.54) is 4.90 Å². The number of hydrogen-bond donors (Lipinski definition) is 2. The molecule has 10 heteroatoms. The SMILES string of the molecule is O=C(O)Oc1cn(C2CC2F)c2c(F)c(N3CCNCC3)c(F)cc2c1=O. The maximum Gasteiger partial charge on any atom is 0.511 e. The van der Waals surface area contributed by atoms with Crippen LogP contribution in [0.4, 0.5) is 23.7 Å². The fourth-order valence-corrected chi connectivity index (χ4v) is 3.45. The number of anilines is 1. The summed E-state index contributed by atoms with van der Waals surface area (Å²) in [6, 6.07) is 0.0962. The Morgan fingerprint density at radius 1 is 1.30 bits per heavy atom. The van der Waals surface area contributed by atoms with Gasteiger partial charge in [0.25, 0.3) is 0 Å². The molecule has 0 amide bonds. The molecule has 2 fully saturated rings. The van der Waals surface area contributed by atoms with Crippen LogP contribution < -0.4 is 20.4 Å². The van der Waals surface area contributed by atoms with E-state index in [0.717, 1.165) is 16.8 Å². The van der Waals surface area contributed by atoms with E-state index in [0.29, 0.717) is 26.2 Å². The molecule has 0 spiro atoms. The zero-order valence-electron chi connectivity index (χ0n) is 14.0. The minimum atomic E-state index is -1.75. The highest BCUT2D eigenvalue weighted by Crippen LogP contribution is 2.42. The monoisotopic (exact) mass is 383 g/mol. The lowest BCUT2D eigenvalue weighted by atomic mass is 10.1. The largest absolute Gasteiger partial charge is 0.511 e. The van der Waals surface area contributed by atoms with Crippen molar-refractivity contribution in [1.29, 1.82) is 0 Å². The summed E-state index contributed by atoms with van der Waals surface area (Å²) < 4.78 is 49.3. The summed E-state index contributed by atoms with van der Waals surface area (Å²) in [5.41, 5.74) is -1.50. The van der Waals surface area contributed by atoms with Crippen molar-refractivity contribution >= 4 is 22.7 Å². The first-order valence-electron chi connectivity index (χ1n) is 8.46. The number of carboxylic acid groups (broad SMARTS) is 1. The van der Waals surface area contributed by atoms with E-state index < -0.39 is 41.2 Å². The Morgan fingerprint density at radius 3 is 2.56 bits per heavy atom. The van der Waals surface area contributed by atoms with Crippen molar-refractivity contribution in [2.45, 2.75) is 18.6 Å². The average Bonchev–Trinajstić information content (AvgIpc) is 3.35. The van der Waals surface area contributed by atoms with Crippen LogP contribution in [0, 0.1) is 11.6 Å². The van der Waals surface area contributed by atoms with Crippen molar-refractivity contribution < 1.29 is 27.8 Å². The molecule has 1 aliphatic carbocycles. The molecule has 1 saturated heterocycles. The molecule has 2 aromatic rings. The van der Waals surface area contributed by atoms with Gasteiger partial charge in [-0.15, -0.1) is 0 Å². The maximum absolute atomic E-state index is 15.3. The molecule has 4 rings (SSSR count). The molecule has 2 N–H and O–H groups in total. The summed E-state index contributed by atoms with van der Waals surface area (Å²) in [5, 5.41) is 11.5. The highest BCUT2D eigenvalue weighted by molar-refractivity contribution is 5.86. The Morgan fingerprint density at radius 2 is 1.96 bits per heavy atom. The summed E-state index contributed by atoms with van der Waals surface area (Å²) in [5.74, 6) is -2.53. The molecule has 2 atom stereocenters. The number of alkyl halides is 1. The summed E-state index contributed by atoms with van der Waals surface area (Å²) in [6.07, 6.45) is -1.94. The summed E-state index contributed by atoms with van der Waals surface area (Å²) in [4.78, 5) is 24.8. The van der Waals surface area contributed by atoms with Crippen molar-refractivity contribution in [3.63, 3.8) is 0 Å². The molecule has 27 heavy (non-hydrogen) atoms. The lowest BCUT2D eigenvalue weighted by Crippen LogP contribution is -2.44. The van der Waals surface area contributed by atoms with E-state index in [-0.39, 0.29) is 23.0 Å². The van der Waals surface area contributed by atoms with Gasteiger partial charge in [-0.05, 0) is 6.07 Å². The normalized spacial score (nSPS) is 22.1. The summed E-state index contributed by atoms with van der Waals surface area (Å²) in [6.45, 7) is 1.84. The number of carbonyl (C=O) groups is 1. The number of ether oxygens (including phenoxy) is 1. The van der Waals surface area contributed by atoms with Gasteiger partial charge in [-0.3, -0.25) is 4.79 Å². The van der Waals surface area contributed by atoms with Crippen molar-refractivity contribution in [2.24, 2.45) is 0 Å². The van der Waals surface area contributed by atoms with Gasteiger partial charge in [0.1, 0.15) is 17.7 Å². The Hall–Kier alpha value is -2.75. The van der Waals surface area contributed by atoms with E-state index in [2.05, 4.69) is 10.1 Å². The molecule has 1 aliphatic heterocycles. The Balaban J connectivity index is 1.97. The zero-order chi connectivity index (χ0) is 19.3. The van der Waals surface area contributed by atoms with Gasteiger partial charge in [0.2, 0.25) is 5.43 Å². The quantitative estimate of drug-likeness (QED) is 0.790. The topological polar surface area (TPSA) is 83.8 Å². The van der Waals surface area contributed by atoms with E-state index in [9.17, 15) is 18.4 Å². The van der Waals surface area contributed by atoms with Crippen molar-refractivity contribution in [1.82, 2.24) is 9.88 Å². The Kier molecular flexibility index (Phi) is 4.22.